The van der Waals surface area contributed by atoms with Crippen molar-refractivity contribution in [3.63, 3.8) is 0 Å². The highest BCUT2D eigenvalue weighted by atomic mass is 35.5. The van der Waals surface area contributed by atoms with Crippen LogP contribution in [0.2, 0.25) is 5.02 Å². The molecule has 1 saturated carbocycles. The Bertz CT molecular complexity index is 555. The number of carbonyl (C=O) groups excluding carboxylic acids is 2. The Kier molecular flexibility index (Phi) is 4.52. The smallest absolute Gasteiger partial charge is 0.315 e. The molecule has 3 rings (SSSR count). The maximum atomic E-state index is 12.1. The van der Waals surface area contributed by atoms with Crippen molar-refractivity contribution in [2.75, 3.05) is 11.4 Å². The summed E-state index contributed by atoms with van der Waals surface area (Å²) in [4.78, 5) is 25.8. The molecule has 2 aliphatic rings. The highest BCUT2D eigenvalue weighted by Gasteiger charge is 2.32. The molecule has 22 heavy (non-hydrogen) atoms. The number of halogens is 1. The third-order valence-electron chi connectivity index (χ3n) is 4.29. The van der Waals surface area contributed by atoms with Crippen molar-refractivity contribution in [1.29, 1.82) is 0 Å². The third-order valence-corrected chi connectivity index (χ3v) is 4.54. The fraction of sp³-hybridized carbons (Fsp3) is 0.500. The molecular formula is C16H20ClN3O2. The van der Waals surface area contributed by atoms with Gasteiger partial charge in [-0.25, -0.2) is 4.79 Å². The van der Waals surface area contributed by atoms with E-state index in [1.54, 1.807) is 17.0 Å². The van der Waals surface area contributed by atoms with Crippen LogP contribution in [0.3, 0.4) is 0 Å². The van der Waals surface area contributed by atoms with Crippen molar-refractivity contribution in [2.45, 2.75) is 44.2 Å². The summed E-state index contributed by atoms with van der Waals surface area (Å²) >= 11 is 5.86. The highest BCUT2D eigenvalue weighted by Crippen LogP contribution is 2.23. The summed E-state index contributed by atoms with van der Waals surface area (Å²) in [5.74, 6) is 0.0217. The Hall–Kier alpha value is -1.75. The lowest BCUT2D eigenvalue weighted by Crippen LogP contribution is -2.46. The molecule has 1 heterocycles. The zero-order valence-electron chi connectivity index (χ0n) is 12.3. The second-order valence-corrected chi connectivity index (χ2v) is 6.42. The van der Waals surface area contributed by atoms with Crippen LogP contribution in [-0.4, -0.2) is 30.6 Å². The van der Waals surface area contributed by atoms with Crippen LogP contribution < -0.4 is 15.5 Å². The van der Waals surface area contributed by atoms with Crippen LogP contribution in [0, 0.1) is 0 Å². The molecule has 1 saturated heterocycles. The molecular weight excluding hydrogens is 302 g/mol. The number of rotatable bonds is 3. The number of hydrogen-bond donors (Lipinski definition) is 2. The first-order chi connectivity index (χ1) is 10.6. The first kappa shape index (κ1) is 15.2. The quantitative estimate of drug-likeness (QED) is 0.899. The summed E-state index contributed by atoms with van der Waals surface area (Å²) in [5, 5.41) is 6.53. The number of urea groups is 1. The number of amides is 3. The lowest BCUT2D eigenvalue weighted by Gasteiger charge is -2.18. The van der Waals surface area contributed by atoms with E-state index >= 15 is 0 Å². The van der Waals surface area contributed by atoms with Crippen molar-refractivity contribution in [2.24, 2.45) is 0 Å². The van der Waals surface area contributed by atoms with E-state index in [0.717, 1.165) is 18.5 Å². The second-order valence-electron chi connectivity index (χ2n) is 5.98. The molecule has 1 aromatic rings. The van der Waals surface area contributed by atoms with E-state index in [2.05, 4.69) is 10.6 Å². The van der Waals surface area contributed by atoms with Crippen molar-refractivity contribution in [1.82, 2.24) is 10.6 Å². The SMILES string of the molecule is O=C(NC1CCCC1)N[C@@H]1CC(=O)N(c2ccc(Cl)cc2)C1. The zero-order valence-corrected chi connectivity index (χ0v) is 13.1. The van der Waals surface area contributed by atoms with Crippen LogP contribution in [0.15, 0.2) is 24.3 Å². The molecule has 0 spiro atoms. The summed E-state index contributed by atoms with van der Waals surface area (Å²) in [6.45, 7) is 0.499. The van der Waals surface area contributed by atoms with Gasteiger partial charge in [-0.05, 0) is 37.1 Å². The van der Waals surface area contributed by atoms with Crippen LogP contribution in [0.1, 0.15) is 32.1 Å². The Morgan fingerprint density at radius 1 is 1.09 bits per heavy atom. The van der Waals surface area contributed by atoms with E-state index in [-0.39, 0.29) is 24.0 Å². The van der Waals surface area contributed by atoms with Crippen LogP contribution in [-0.2, 0) is 4.79 Å². The van der Waals surface area contributed by atoms with Crippen molar-refractivity contribution in [3.05, 3.63) is 29.3 Å². The van der Waals surface area contributed by atoms with Crippen LogP contribution in [0.5, 0.6) is 0 Å². The minimum atomic E-state index is -0.164. The predicted octanol–water partition coefficient (Wildman–Crippen LogP) is 2.69. The fourth-order valence-electron chi connectivity index (χ4n) is 3.16. The van der Waals surface area contributed by atoms with E-state index in [9.17, 15) is 9.59 Å². The molecule has 1 atom stereocenters. The lowest BCUT2D eigenvalue weighted by atomic mass is 10.2. The first-order valence-corrected chi connectivity index (χ1v) is 8.12. The van der Waals surface area contributed by atoms with Crippen LogP contribution >= 0.6 is 11.6 Å². The Morgan fingerprint density at radius 2 is 1.73 bits per heavy atom. The van der Waals surface area contributed by atoms with Crippen molar-refractivity contribution in [3.8, 4) is 0 Å². The molecule has 118 valence electrons. The number of benzene rings is 1. The Morgan fingerprint density at radius 3 is 2.41 bits per heavy atom. The van der Waals surface area contributed by atoms with Gasteiger partial charge in [0.25, 0.3) is 0 Å². The van der Waals surface area contributed by atoms with Gasteiger partial charge in [-0.1, -0.05) is 24.4 Å². The molecule has 1 aliphatic carbocycles. The normalized spacial score (nSPS) is 22.1. The molecule has 5 nitrogen and oxygen atoms in total. The van der Waals surface area contributed by atoms with E-state index in [1.807, 2.05) is 12.1 Å². The van der Waals surface area contributed by atoms with E-state index in [4.69, 9.17) is 11.6 Å². The van der Waals surface area contributed by atoms with Gasteiger partial charge >= 0.3 is 6.03 Å². The highest BCUT2D eigenvalue weighted by molar-refractivity contribution is 6.30. The second kappa shape index (κ2) is 6.57. The average molecular weight is 322 g/mol. The third kappa shape index (κ3) is 3.53. The largest absolute Gasteiger partial charge is 0.335 e. The lowest BCUT2D eigenvalue weighted by molar-refractivity contribution is -0.117. The summed E-state index contributed by atoms with van der Waals surface area (Å²) < 4.78 is 0. The molecule has 0 bridgehead atoms. The Balaban J connectivity index is 1.55. The molecule has 2 fully saturated rings. The van der Waals surface area contributed by atoms with Gasteiger partial charge in [0, 0.05) is 29.7 Å². The minimum Gasteiger partial charge on any atom is -0.335 e. The van der Waals surface area contributed by atoms with Gasteiger partial charge in [-0.3, -0.25) is 4.79 Å². The number of nitrogens with one attached hydrogen (secondary N) is 2. The topological polar surface area (TPSA) is 61.4 Å². The van der Waals surface area contributed by atoms with Gasteiger partial charge in [0.2, 0.25) is 5.91 Å². The zero-order chi connectivity index (χ0) is 15.5. The van der Waals surface area contributed by atoms with Gasteiger partial charge in [-0.2, -0.15) is 0 Å². The van der Waals surface area contributed by atoms with Gasteiger partial charge < -0.3 is 15.5 Å². The number of nitrogens with zero attached hydrogens (tertiary/aromatic N) is 1. The molecule has 2 N–H and O–H groups in total. The monoisotopic (exact) mass is 321 g/mol. The number of anilines is 1. The number of hydrogen-bond acceptors (Lipinski definition) is 2. The molecule has 0 aromatic heterocycles. The van der Waals surface area contributed by atoms with Crippen molar-refractivity contribution < 1.29 is 9.59 Å². The van der Waals surface area contributed by atoms with Gasteiger partial charge in [0.05, 0.1) is 6.04 Å². The summed E-state index contributed by atoms with van der Waals surface area (Å²) in [7, 11) is 0. The minimum absolute atomic E-state index is 0.0217. The summed E-state index contributed by atoms with van der Waals surface area (Å²) in [6, 6.07) is 7.13. The molecule has 0 radical (unpaired) electrons. The maximum Gasteiger partial charge on any atom is 0.315 e. The standard InChI is InChI=1S/C16H20ClN3O2/c17-11-5-7-14(8-6-11)20-10-13(9-15(20)21)19-16(22)18-12-3-1-2-4-12/h5-8,12-13H,1-4,9-10H2,(H2,18,19,22)/t13-/m1/s1. The Labute approximate surface area is 135 Å². The van der Waals surface area contributed by atoms with Crippen LogP contribution in [0.4, 0.5) is 10.5 Å². The molecule has 1 aliphatic heterocycles. The average Bonchev–Trinajstić information content (AvgIpc) is 3.10. The van der Waals surface area contributed by atoms with Gasteiger partial charge in [-0.15, -0.1) is 0 Å². The molecule has 0 unspecified atom stereocenters. The maximum absolute atomic E-state index is 12.1. The number of carbonyl (C=O) groups is 2. The predicted molar refractivity (Wildman–Crippen MR) is 86.1 cm³/mol. The molecule has 1 aromatic carbocycles. The van der Waals surface area contributed by atoms with Crippen molar-refractivity contribution >= 4 is 29.2 Å². The van der Waals surface area contributed by atoms with E-state index < -0.39 is 0 Å². The van der Waals surface area contributed by atoms with Gasteiger partial charge in [0.15, 0.2) is 0 Å². The molecule has 6 heteroatoms. The molecule has 3 amide bonds. The fourth-order valence-corrected chi connectivity index (χ4v) is 3.28. The summed E-state index contributed by atoms with van der Waals surface area (Å²) in [6.07, 6.45) is 4.79. The van der Waals surface area contributed by atoms with E-state index in [1.165, 1.54) is 12.8 Å². The summed E-state index contributed by atoms with van der Waals surface area (Å²) in [5.41, 5.74) is 0.815. The van der Waals surface area contributed by atoms with Crippen LogP contribution in [0.25, 0.3) is 0 Å². The van der Waals surface area contributed by atoms with Gasteiger partial charge in [0.1, 0.15) is 0 Å². The first-order valence-electron chi connectivity index (χ1n) is 7.75. The van der Waals surface area contributed by atoms with E-state index in [0.29, 0.717) is 18.0 Å².